The molecule has 0 saturated carbocycles. The third-order valence-corrected chi connectivity index (χ3v) is 6.48. The van der Waals surface area contributed by atoms with Gasteiger partial charge in [-0.1, -0.05) is 104 Å². The molecule has 1 N–H and O–H groups in total. The van der Waals surface area contributed by atoms with E-state index in [0.717, 1.165) is 0 Å². The lowest BCUT2D eigenvalue weighted by molar-refractivity contribution is -0.727. The number of unbranched alkanes of at least 4 members (excludes halogenated alkanes) is 12. The van der Waals surface area contributed by atoms with Crippen LogP contribution in [0.4, 0.5) is 0 Å². The standard InChI is InChI=1S/C26H50N2/c1-5-8-10-12-14-16-18-20-24(4)28-23-22-27-26(28)25(7-3)21-19-17-15-13-11-9-6-2/h22-25H,5-21H2,1-4H3/p+1. The first-order valence-electron chi connectivity index (χ1n) is 12.8. The highest BCUT2D eigenvalue weighted by Gasteiger charge is 2.24. The summed E-state index contributed by atoms with van der Waals surface area (Å²) in [7, 11) is 0. The van der Waals surface area contributed by atoms with Gasteiger partial charge in [-0.25, -0.2) is 9.55 Å². The molecular weight excluding hydrogens is 340 g/mol. The predicted octanol–water partition coefficient (Wildman–Crippen LogP) is 8.64. The molecule has 1 aromatic rings. The van der Waals surface area contributed by atoms with E-state index >= 15 is 0 Å². The Morgan fingerprint density at radius 1 is 0.714 bits per heavy atom. The first-order chi connectivity index (χ1) is 13.7. The first kappa shape index (κ1) is 25.2. The summed E-state index contributed by atoms with van der Waals surface area (Å²) in [5, 5.41) is 0. The number of imidazole rings is 1. The Kier molecular flexibility index (Phi) is 15.4. The fourth-order valence-electron chi connectivity index (χ4n) is 4.49. The van der Waals surface area contributed by atoms with Crippen LogP contribution >= 0.6 is 0 Å². The summed E-state index contributed by atoms with van der Waals surface area (Å²) in [4.78, 5) is 3.59. The number of aromatic nitrogens is 2. The minimum Gasteiger partial charge on any atom is -0.247 e. The largest absolute Gasteiger partial charge is 0.257 e. The van der Waals surface area contributed by atoms with E-state index in [2.05, 4.69) is 49.6 Å². The monoisotopic (exact) mass is 391 g/mol. The van der Waals surface area contributed by atoms with E-state index in [1.54, 1.807) is 0 Å². The predicted molar refractivity (Wildman–Crippen MR) is 124 cm³/mol. The summed E-state index contributed by atoms with van der Waals surface area (Å²) in [6.45, 7) is 9.36. The van der Waals surface area contributed by atoms with Gasteiger partial charge in [0.05, 0.1) is 12.0 Å². The molecule has 164 valence electrons. The van der Waals surface area contributed by atoms with Crippen LogP contribution in [-0.2, 0) is 0 Å². The molecule has 0 amide bonds. The first-order valence-corrected chi connectivity index (χ1v) is 12.8. The van der Waals surface area contributed by atoms with E-state index in [9.17, 15) is 0 Å². The van der Waals surface area contributed by atoms with Gasteiger partial charge in [-0.2, -0.15) is 0 Å². The Balaban J connectivity index is 2.31. The maximum atomic E-state index is 3.59. The van der Waals surface area contributed by atoms with Crippen LogP contribution in [0, 0.1) is 0 Å². The highest BCUT2D eigenvalue weighted by molar-refractivity contribution is 4.89. The lowest BCUT2D eigenvalue weighted by Gasteiger charge is -2.16. The molecule has 0 fully saturated rings. The number of aromatic amines is 1. The van der Waals surface area contributed by atoms with Crippen LogP contribution < -0.4 is 4.57 Å². The van der Waals surface area contributed by atoms with Crippen molar-refractivity contribution in [2.75, 3.05) is 0 Å². The van der Waals surface area contributed by atoms with E-state index in [0.29, 0.717) is 12.0 Å². The molecule has 0 bridgehead atoms. The van der Waals surface area contributed by atoms with Crippen molar-refractivity contribution in [3.63, 3.8) is 0 Å². The molecule has 28 heavy (non-hydrogen) atoms. The third kappa shape index (κ3) is 10.7. The van der Waals surface area contributed by atoms with Gasteiger partial charge in [-0.05, 0) is 32.6 Å². The van der Waals surface area contributed by atoms with Crippen molar-refractivity contribution in [1.82, 2.24) is 4.98 Å². The fraction of sp³-hybridized carbons (Fsp3) is 0.885. The minimum absolute atomic E-state index is 0.625. The molecule has 2 heteroatoms. The quantitative estimate of drug-likeness (QED) is 0.180. The number of nitrogens with zero attached hydrogens (tertiary/aromatic N) is 1. The van der Waals surface area contributed by atoms with Crippen molar-refractivity contribution in [2.24, 2.45) is 0 Å². The van der Waals surface area contributed by atoms with E-state index in [1.807, 2.05) is 0 Å². The zero-order valence-corrected chi connectivity index (χ0v) is 19.8. The fourth-order valence-corrected chi connectivity index (χ4v) is 4.49. The molecule has 0 aliphatic heterocycles. The lowest BCUT2D eigenvalue weighted by Crippen LogP contribution is -2.41. The van der Waals surface area contributed by atoms with Crippen LogP contribution in [0.3, 0.4) is 0 Å². The van der Waals surface area contributed by atoms with E-state index in [-0.39, 0.29) is 0 Å². The molecule has 0 spiro atoms. The molecular formula is C26H51N2+. The van der Waals surface area contributed by atoms with Gasteiger partial charge >= 0.3 is 0 Å². The Morgan fingerprint density at radius 2 is 1.21 bits per heavy atom. The molecule has 1 aromatic heterocycles. The molecule has 2 atom stereocenters. The van der Waals surface area contributed by atoms with Crippen molar-refractivity contribution < 1.29 is 4.57 Å². The van der Waals surface area contributed by atoms with Gasteiger partial charge in [0.25, 0.3) is 5.82 Å². The number of nitrogens with one attached hydrogen (secondary N) is 1. The molecule has 0 aromatic carbocycles. The Bertz CT molecular complexity index is 451. The maximum absolute atomic E-state index is 3.59. The third-order valence-electron chi connectivity index (χ3n) is 6.48. The minimum atomic E-state index is 0.625. The average molecular weight is 392 g/mol. The van der Waals surface area contributed by atoms with Gasteiger partial charge < -0.3 is 0 Å². The lowest BCUT2D eigenvalue weighted by atomic mass is 9.96. The SMILES string of the molecule is CCCCCCCCCC(CC)c1[nH]cc[n+]1C(C)CCCCCCCCC. The van der Waals surface area contributed by atoms with E-state index in [1.165, 1.54) is 115 Å². The van der Waals surface area contributed by atoms with Gasteiger partial charge in [-0.15, -0.1) is 0 Å². The van der Waals surface area contributed by atoms with Crippen molar-refractivity contribution in [1.29, 1.82) is 0 Å². The molecule has 0 radical (unpaired) electrons. The highest BCUT2D eigenvalue weighted by atomic mass is 15.1. The highest BCUT2D eigenvalue weighted by Crippen LogP contribution is 2.24. The van der Waals surface area contributed by atoms with Gasteiger partial charge in [0.15, 0.2) is 0 Å². The zero-order chi connectivity index (χ0) is 20.5. The normalized spacial score (nSPS) is 13.7. The molecule has 0 aliphatic carbocycles. The van der Waals surface area contributed by atoms with E-state index < -0.39 is 0 Å². The average Bonchev–Trinajstić information content (AvgIpc) is 3.19. The van der Waals surface area contributed by atoms with Gasteiger partial charge in [0.2, 0.25) is 0 Å². The van der Waals surface area contributed by atoms with E-state index in [4.69, 9.17) is 0 Å². The van der Waals surface area contributed by atoms with Crippen LogP contribution in [0.5, 0.6) is 0 Å². The summed E-state index contributed by atoms with van der Waals surface area (Å²) >= 11 is 0. The number of rotatable bonds is 19. The Labute approximate surface area is 176 Å². The maximum Gasteiger partial charge on any atom is 0.257 e. The molecule has 2 unspecified atom stereocenters. The van der Waals surface area contributed by atoms with Crippen molar-refractivity contribution >= 4 is 0 Å². The molecule has 1 heterocycles. The summed E-state index contributed by atoms with van der Waals surface area (Å²) in [5.74, 6) is 2.17. The number of hydrogen-bond donors (Lipinski definition) is 1. The Hall–Kier alpha value is -0.790. The molecule has 0 saturated heterocycles. The molecule has 1 rings (SSSR count). The van der Waals surface area contributed by atoms with Gasteiger partial charge in [-0.3, -0.25) is 0 Å². The Morgan fingerprint density at radius 3 is 1.75 bits per heavy atom. The zero-order valence-electron chi connectivity index (χ0n) is 19.8. The topological polar surface area (TPSA) is 19.7 Å². The molecule has 0 aliphatic rings. The summed E-state index contributed by atoms with van der Waals surface area (Å²) in [6.07, 6.45) is 28.0. The smallest absolute Gasteiger partial charge is 0.247 e. The van der Waals surface area contributed by atoms with Crippen LogP contribution in [-0.4, -0.2) is 4.98 Å². The van der Waals surface area contributed by atoms with Crippen LogP contribution in [0.25, 0.3) is 0 Å². The second kappa shape index (κ2) is 17.1. The van der Waals surface area contributed by atoms with Crippen molar-refractivity contribution in [3.8, 4) is 0 Å². The van der Waals surface area contributed by atoms with Crippen LogP contribution in [0.15, 0.2) is 12.4 Å². The summed E-state index contributed by atoms with van der Waals surface area (Å²) < 4.78 is 2.55. The number of H-pyrrole nitrogens is 1. The van der Waals surface area contributed by atoms with Gasteiger partial charge in [0, 0.05) is 0 Å². The van der Waals surface area contributed by atoms with Crippen molar-refractivity contribution in [2.45, 2.75) is 149 Å². The van der Waals surface area contributed by atoms with Crippen molar-refractivity contribution in [3.05, 3.63) is 18.2 Å². The number of hydrogen-bond acceptors (Lipinski definition) is 0. The van der Waals surface area contributed by atoms with Gasteiger partial charge in [0.1, 0.15) is 12.4 Å². The second-order valence-corrected chi connectivity index (χ2v) is 9.03. The summed E-state index contributed by atoms with van der Waals surface area (Å²) in [5.41, 5.74) is 0. The van der Waals surface area contributed by atoms with Crippen LogP contribution in [0.2, 0.25) is 0 Å². The second-order valence-electron chi connectivity index (χ2n) is 9.03. The van der Waals surface area contributed by atoms with Crippen LogP contribution in [0.1, 0.15) is 155 Å². The molecule has 2 nitrogen and oxygen atoms in total. The summed E-state index contributed by atoms with van der Waals surface area (Å²) in [6, 6.07) is 0.625.